The quantitative estimate of drug-likeness (QED) is 0.380. The summed E-state index contributed by atoms with van der Waals surface area (Å²) in [6, 6.07) is 1.52. The van der Waals surface area contributed by atoms with Gasteiger partial charge < -0.3 is 15.2 Å². The van der Waals surface area contributed by atoms with Gasteiger partial charge in [0.2, 0.25) is 0 Å². The molecule has 0 saturated carbocycles. The molecule has 2 heterocycles. The van der Waals surface area contributed by atoms with Crippen molar-refractivity contribution in [2.45, 2.75) is 24.9 Å². The number of aliphatic hydroxyl groups excluding tert-OH is 1. The number of aliphatic hydroxyl groups is 1. The zero-order chi connectivity index (χ0) is 20.2. The zero-order valence-corrected chi connectivity index (χ0v) is 16.3. The van der Waals surface area contributed by atoms with Crippen LogP contribution in [0, 0.1) is 0 Å². The highest BCUT2D eigenvalue weighted by Gasteiger charge is 2.46. The van der Waals surface area contributed by atoms with Crippen molar-refractivity contribution in [3.63, 3.8) is 0 Å². The Balaban J connectivity index is 1.92. The first-order chi connectivity index (χ1) is 12.6. The van der Waals surface area contributed by atoms with E-state index in [2.05, 4.69) is 23.4 Å². The number of nitrogens with one attached hydrogen (secondary N) is 1. The fourth-order valence-electron chi connectivity index (χ4n) is 2.15. The lowest BCUT2D eigenvalue weighted by Gasteiger charge is -2.14. The number of hydrogen-bond acceptors (Lipinski definition) is 11. The molecule has 1 aliphatic heterocycles. The van der Waals surface area contributed by atoms with E-state index in [1.807, 2.05) is 0 Å². The minimum absolute atomic E-state index is 0.0126. The van der Waals surface area contributed by atoms with Crippen molar-refractivity contribution in [3.8, 4) is 0 Å². The maximum absolute atomic E-state index is 11.9. The van der Waals surface area contributed by atoms with Gasteiger partial charge in [-0.05, 0) is 6.07 Å². The number of nitrogens with zero attached hydrogens (tertiary/aromatic N) is 2. The second-order valence-electron chi connectivity index (χ2n) is 5.07. The number of rotatable bonds is 9. The molecule has 1 aromatic heterocycles. The lowest BCUT2D eigenvalue weighted by atomic mass is 10.2. The molecule has 1 saturated heterocycles. The van der Waals surface area contributed by atoms with Gasteiger partial charge in [0.15, 0.2) is 0 Å². The lowest BCUT2D eigenvalue weighted by Crippen LogP contribution is -2.28. The zero-order valence-electron chi connectivity index (χ0n) is 13.6. The summed E-state index contributed by atoms with van der Waals surface area (Å²) in [6.45, 7) is -0.519. The Hall–Kier alpha value is -1.17. The molecule has 6 atom stereocenters. The molecule has 1 aliphatic rings. The molecule has 0 bridgehead atoms. The van der Waals surface area contributed by atoms with Crippen LogP contribution < -0.4 is 11.0 Å². The largest absolute Gasteiger partial charge is 0.708 e. The third-order valence-electron chi connectivity index (χ3n) is 3.29. The second-order valence-corrected chi connectivity index (χ2v) is 8.50. The van der Waals surface area contributed by atoms with Crippen LogP contribution in [0.25, 0.3) is 0 Å². The predicted octanol–water partition coefficient (Wildman–Crippen LogP) is 0.391. The Labute approximate surface area is 153 Å². The van der Waals surface area contributed by atoms with Crippen LogP contribution in [0.4, 0.5) is 5.82 Å². The molecule has 6 unspecified atom stereocenters. The standard InChI is InChI=1S/C10H14N3O11P3/c1-11-8-2-3-13(10(15)12-8)9-4-6(14)7(22-9)5-21-26(18)24-27(19,20)23-25(16)17/h2-3,6-7,9,14H,4-5H2,1H3,(H-2,11,12,15,16,17,19,20)/p+2. The highest BCUT2D eigenvalue weighted by Crippen LogP contribution is 2.57. The molecule has 0 amide bonds. The fraction of sp³-hybridized carbons (Fsp3) is 0.600. The third-order valence-corrected chi connectivity index (χ3v) is 6.39. The van der Waals surface area contributed by atoms with E-state index in [0.29, 0.717) is 5.82 Å². The van der Waals surface area contributed by atoms with E-state index in [-0.39, 0.29) is 6.42 Å². The van der Waals surface area contributed by atoms with Crippen molar-refractivity contribution >= 4 is 30.2 Å². The van der Waals surface area contributed by atoms with Crippen LogP contribution in [0.1, 0.15) is 12.6 Å². The molecule has 0 spiro atoms. The number of aromatic nitrogens is 2. The summed E-state index contributed by atoms with van der Waals surface area (Å²) < 4.78 is 52.0. The Bertz CT molecular complexity index is 817. The van der Waals surface area contributed by atoms with Gasteiger partial charge in [0.05, 0.1) is 6.10 Å². The summed E-state index contributed by atoms with van der Waals surface area (Å²) in [5, 5.41) is 12.7. The van der Waals surface area contributed by atoms with Gasteiger partial charge in [-0.3, -0.25) is 9.46 Å². The first-order valence-electron chi connectivity index (χ1n) is 7.20. The Kier molecular flexibility index (Phi) is 7.66. The molecule has 2 rings (SSSR count). The average molecular weight is 447 g/mol. The predicted molar refractivity (Wildman–Crippen MR) is 88.0 cm³/mol. The molecule has 4 N–H and O–H groups in total. The van der Waals surface area contributed by atoms with Crippen molar-refractivity contribution in [1.82, 2.24) is 9.55 Å². The number of anilines is 1. The fourth-order valence-corrected chi connectivity index (χ4v) is 4.38. The summed E-state index contributed by atoms with van der Waals surface area (Å²) in [5.41, 5.74) is -0.619. The Morgan fingerprint density at radius 3 is 2.78 bits per heavy atom. The van der Waals surface area contributed by atoms with E-state index >= 15 is 0 Å². The summed E-state index contributed by atoms with van der Waals surface area (Å²) in [4.78, 5) is 33.1. The molecule has 0 aliphatic carbocycles. The summed E-state index contributed by atoms with van der Waals surface area (Å²) in [7, 11) is -10.2. The van der Waals surface area contributed by atoms with Gasteiger partial charge in [0, 0.05) is 37.4 Å². The molecule has 14 nitrogen and oxygen atoms in total. The van der Waals surface area contributed by atoms with E-state index in [4.69, 9.17) is 14.5 Å². The number of hydrogen-bond donors (Lipinski definition) is 4. The molecule has 0 aromatic carbocycles. The van der Waals surface area contributed by atoms with E-state index < -0.39 is 55.1 Å². The number of ether oxygens (including phenoxy) is 1. The molecule has 1 fully saturated rings. The summed E-state index contributed by atoms with van der Waals surface area (Å²) in [6.07, 6.45) is -1.55. The van der Waals surface area contributed by atoms with Gasteiger partial charge in [-0.2, -0.15) is 4.98 Å². The van der Waals surface area contributed by atoms with Crippen molar-refractivity contribution < 1.29 is 46.5 Å². The highest BCUT2D eigenvalue weighted by atomic mass is 31.3. The van der Waals surface area contributed by atoms with Crippen molar-refractivity contribution in [2.75, 3.05) is 19.0 Å². The van der Waals surface area contributed by atoms with E-state index in [9.17, 15) is 23.6 Å². The van der Waals surface area contributed by atoms with Crippen LogP contribution in [-0.2, 0) is 31.6 Å². The van der Waals surface area contributed by atoms with Crippen molar-refractivity contribution in [1.29, 1.82) is 0 Å². The molecular weight excluding hydrogens is 431 g/mol. The van der Waals surface area contributed by atoms with Gasteiger partial charge in [-0.1, -0.05) is 0 Å². The molecule has 17 heteroatoms. The maximum atomic E-state index is 11.9. The average Bonchev–Trinajstić information content (AvgIpc) is 2.91. The smallest absolute Gasteiger partial charge is 0.390 e. The third kappa shape index (κ3) is 6.44. The molecule has 27 heavy (non-hydrogen) atoms. The van der Waals surface area contributed by atoms with Gasteiger partial charge in [-0.25, -0.2) is 9.36 Å². The lowest BCUT2D eigenvalue weighted by molar-refractivity contribution is -0.0411. The monoisotopic (exact) mass is 447 g/mol. The van der Waals surface area contributed by atoms with E-state index in [0.717, 1.165) is 4.57 Å². The maximum Gasteiger partial charge on any atom is 0.708 e. The second kappa shape index (κ2) is 9.35. The van der Waals surface area contributed by atoms with E-state index in [1.165, 1.54) is 12.3 Å². The number of phosphoric acid groups is 1. The normalized spacial score (nSPS) is 25.7. The summed E-state index contributed by atoms with van der Waals surface area (Å²) in [5.74, 6) is 0.351. The molecular formula is C10H16N3O11P3+2. The van der Waals surface area contributed by atoms with Gasteiger partial charge in [0.1, 0.15) is 24.8 Å². The minimum atomic E-state index is -5.06. The Morgan fingerprint density at radius 2 is 2.19 bits per heavy atom. The first kappa shape index (κ1) is 22.1. The van der Waals surface area contributed by atoms with Crippen LogP contribution in [0.3, 0.4) is 0 Å². The van der Waals surface area contributed by atoms with Crippen LogP contribution in [0.5, 0.6) is 0 Å². The molecule has 150 valence electrons. The molecule has 1 aromatic rings. The molecule has 0 radical (unpaired) electrons. The van der Waals surface area contributed by atoms with Crippen LogP contribution in [0.2, 0.25) is 0 Å². The summed E-state index contributed by atoms with van der Waals surface area (Å²) >= 11 is 0. The van der Waals surface area contributed by atoms with Crippen LogP contribution >= 0.6 is 24.3 Å². The van der Waals surface area contributed by atoms with Gasteiger partial charge in [0.25, 0.3) is 0 Å². The van der Waals surface area contributed by atoms with Crippen molar-refractivity contribution in [3.05, 3.63) is 22.7 Å². The SMILES string of the molecule is CNc1ccn(C2CC(O)C(CO[P+](=O)OP(=O)(O)O[P+](=O)O)O2)c(=O)n1. The first-order valence-corrected chi connectivity index (χ1v) is 10.9. The topological polar surface area (TPSA) is 196 Å². The minimum Gasteiger partial charge on any atom is -0.390 e. The van der Waals surface area contributed by atoms with Gasteiger partial charge in [-0.15, -0.1) is 9.42 Å². The van der Waals surface area contributed by atoms with Crippen LogP contribution in [-0.4, -0.2) is 50.3 Å². The highest BCUT2D eigenvalue weighted by molar-refractivity contribution is 7.61. The van der Waals surface area contributed by atoms with Crippen molar-refractivity contribution in [2.24, 2.45) is 0 Å². The van der Waals surface area contributed by atoms with E-state index in [1.54, 1.807) is 7.05 Å². The Morgan fingerprint density at radius 1 is 1.48 bits per heavy atom. The van der Waals surface area contributed by atoms with Crippen LogP contribution in [0.15, 0.2) is 17.1 Å². The van der Waals surface area contributed by atoms with Gasteiger partial charge >= 0.3 is 30.0 Å².